The Morgan fingerprint density at radius 2 is 1.88 bits per heavy atom. The second-order valence-electron chi connectivity index (χ2n) is 3.56. The van der Waals surface area contributed by atoms with Gasteiger partial charge >= 0.3 is 5.97 Å². The van der Waals surface area contributed by atoms with Crippen LogP contribution >= 0.6 is 11.8 Å². The molecule has 0 aromatic rings. The molecule has 0 aliphatic heterocycles. The van der Waals surface area contributed by atoms with Crippen molar-refractivity contribution in [3.05, 3.63) is 0 Å². The van der Waals surface area contributed by atoms with Crippen LogP contribution in [0.15, 0.2) is 0 Å². The summed E-state index contributed by atoms with van der Waals surface area (Å²) < 4.78 is 4.53. The molecule has 1 N–H and O–H groups in total. The van der Waals surface area contributed by atoms with E-state index in [0.717, 1.165) is 11.8 Å². The summed E-state index contributed by atoms with van der Waals surface area (Å²) in [4.78, 5) is 33.5. The third-order valence-electron chi connectivity index (χ3n) is 1.73. The van der Waals surface area contributed by atoms with Crippen LogP contribution in [-0.4, -0.2) is 35.9 Å². The summed E-state index contributed by atoms with van der Waals surface area (Å²) in [5.41, 5.74) is 0. The number of methoxy groups -OCH3 is 1. The molecule has 0 aromatic heterocycles. The Kier molecular flexibility index (Phi) is 6.80. The fraction of sp³-hybridized carbons (Fsp3) is 0.700. The van der Waals surface area contributed by atoms with Crippen LogP contribution in [0.25, 0.3) is 0 Å². The van der Waals surface area contributed by atoms with Gasteiger partial charge in [0, 0.05) is 18.6 Å². The Hall–Kier alpha value is -1.04. The average Bonchev–Trinajstić information content (AvgIpc) is 2.21. The zero-order valence-electron chi connectivity index (χ0n) is 9.90. The summed E-state index contributed by atoms with van der Waals surface area (Å²) in [5, 5.41) is 2.42. The highest BCUT2D eigenvalue weighted by molar-refractivity contribution is 8.13. The number of carbonyl (C=O) groups is 3. The molecule has 6 heteroatoms. The first kappa shape index (κ1) is 15.0. The molecule has 1 atom stereocenters. The number of ether oxygens (including phenoxy) is 1. The molecular formula is C10H17NO4S. The lowest BCUT2D eigenvalue weighted by atomic mass is 10.3. The molecular weight excluding hydrogens is 230 g/mol. The van der Waals surface area contributed by atoms with Crippen molar-refractivity contribution in [1.29, 1.82) is 0 Å². The van der Waals surface area contributed by atoms with Crippen LogP contribution in [0.5, 0.6) is 0 Å². The second-order valence-corrected chi connectivity index (χ2v) is 4.59. The largest absolute Gasteiger partial charge is 0.467 e. The standard InChI is InChI=1S/C10H17NO4S/c1-6(2)10(14)16-5-8(9(13)15-4)11-7(3)12/h6,8H,5H2,1-4H3,(H,11,12). The summed E-state index contributed by atoms with van der Waals surface area (Å²) in [5.74, 6) is -0.767. The van der Waals surface area contributed by atoms with Gasteiger partial charge in [-0.05, 0) is 0 Å². The lowest BCUT2D eigenvalue weighted by Gasteiger charge is -2.14. The van der Waals surface area contributed by atoms with E-state index in [2.05, 4.69) is 10.1 Å². The molecule has 1 unspecified atom stereocenters. The van der Waals surface area contributed by atoms with E-state index < -0.39 is 12.0 Å². The zero-order chi connectivity index (χ0) is 12.7. The Morgan fingerprint density at radius 1 is 1.31 bits per heavy atom. The first-order valence-corrected chi connectivity index (χ1v) is 5.88. The van der Waals surface area contributed by atoms with Gasteiger partial charge in [-0.1, -0.05) is 25.6 Å². The van der Waals surface area contributed by atoms with Crippen molar-refractivity contribution >= 4 is 28.8 Å². The van der Waals surface area contributed by atoms with Gasteiger partial charge in [0.2, 0.25) is 5.91 Å². The third kappa shape index (κ3) is 5.75. The minimum Gasteiger partial charge on any atom is -0.467 e. The number of hydrogen-bond donors (Lipinski definition) is 1. The fourth-order valence-corrected chi connectivity index (χ4v) is 1.77. The fourth-order valence-electron chi connectivity index (χ4n) is 0.888. The summed E-state index contributed by atoms with van der Waals surface area (Å²) in [7, 11) is 1.24. The molecule has 0 bridgehead atoms. The molecule has 92 valence electrons. The Bertz CT molecular complexity index is 278. The van der Waals surface area contributed by atoms with Gasteiger partial charge in [-0.3, -0.25) is 9.59 Å². The predicted molar refractivity (Wildman–Crippen MR) is 61.9 cm³/mol. The van der Waals surface area contributed by atoms with Crippen molar-refractivity contribution in [2.24, 2.45) is 5.92 Å². The van der Waals surface area contributed by atoms with Gasteiger partial charge in [0.25, 0.3) is 0 Å². The number of hydrogen-bond acceptors (Lipinski definition) is 5. The zero-order valence-corrected chi connectivity index (χ0v) is 10.7. The topological polar surface area (TPSA) is 72.5 Å². The van der Waals surface area contributed by atoms with Crippen molar-refractivity contribution in [1.82, 2.24) is 5.32 Å². The summed E-state index contributed by atoms with van der Waals surface area (Å²) >= 11 is 1.02. The summed E-state index contributed by atoms with van der Waals surface area (Å²) in [6, 6.07) is -0.768. The normalized spacial score (nSPS) is 12.1. The van der Waals surface area contributed by atoms with E-state index in [0.29, 0.717) is 0 Å². The number of amides is 1. The third-order valence-corrected chi connectivity index (χ3v) is 2.98. The van der Waals surface area contributed by atoms with E-state index >= 15 is 0 Å². The van der Waals surface area contributed by atoms with Gasteiger partial charge in [-0.25, -0.2) is 4.79 Å². The quantitative estimate of drug-likeness (QED) is 0.719. The number of rotatable bonds is 5. The molecule has 0 rings (SSSR count). The molecule has 5 nitrogen and oxygen atoms in total. The van der Waals surface area contributed by atoms with E-state index in [1.165, 1.54) is 14.0 Å². The SMILES string of the molecule is COC(=O)C(CSC(=O)C(C)C)NC(C)=O. The summed E-state index contributed by atoms with van der Waals surface area (Å²) in [6.07, 6.45) is 0. The molecule has 0 heterocycles. The maximum atomic E-state index is 11.3. The van der Waals surface area contributed by atoms with Crippen molar-refractivity contribution in [2.45, 2.75) is 26.8 Å². The van der Waals surface area contributed by atoms with E-state index in [9.17, 15) is 14.4 Å². The van der Waals surface area contributed by atoms with Gasteiger partial charge < -0.3 is 10.1 Å². The monoisotopic (exact) mass is 247 g/mol. The minimum absolute atomic E-state index is 0.0146. The molecule has 0 saturated carbocycles. The van der Waals surface area contributed by atoms with Crippen LogP contribution in [0.1, 0.15) is 20.8 Å². The highest BCUT2D eigenvalue weighted by atomic mass is 32.2. The maximum absolute atomic E-state index is 11.3. The Morgan fingerprint density at radius 3 is 2.25 bits per heavy atom. The number of esters is 1. The van der Waals surface area contributed by atoms with Crippen molar-refractivity contribution in [3.8, 4) is 0 Å². The minimum atomic E-state index is -0.768. The van der Waals surface area contributed by atoms with Gasteiger partial charge in [0.1, 0.15) is 6.04 Å². The molecule has 0 radical (unpaired) electrons. The molecule has 16 heavy (non-hydrogen) atoms. The van der Waals surface area contributed by atoms with E-state index in [-0.39, 0.29) is 22.7 Å². The van der Waals surface area contributed by atoms with Gasteiger partial charge in [0.05, 0.1) is 7.11 Å². The molecule has 0 spiro atoms. The van der Waals surface area contributed by atoms with Crippen molar-refractivity contribution in [2.75, 3.05) is 12.9 Å². The lowest BCUT2D eigenvalue weighted by Crippen LogP contribution is -2.42. The number of thioether (sulfide) groups is 1. The Labute approximate surface area is 99.3 Å². The van der Waals surface area contributed by atoms with Crippen molar-refractivity contribution < 1.29 is 19.1 Å². The van der Waals surface area contributed by atoms with Crippen LogP contribution in [-0.2, 0) is 19.1 Å². The molecule has 1 amide bonds. The number of carbonyl (C=O) groups excluding carboxylic acids is 3. The smallest absolute Gasteiger partial charge is 0.329 e. The van der Waals surface area contributed by atoms with Crippen molar-refractivity contribution in [3.63, 3.8) is 0 Å². The Balaban J connectivity index is 4.27. The van der Waals surface area contributed by atoms with E-state index in [1.54, 1.807) is 13.8 Å². The second kappa shape index (κ2) is 7.27. The first-order valence-electron chi connectivity index (χ1n) is 4.90. The molecule has 0 aromatic carbocycles. The van der Waals surface area contributed by atoms with Crippen LogP contribution < -0.4 is 5.32 Å². The van der Waals surface area contributed by atoms with E-state index in [1.807, 2.05) is 0 Å². The number of nitrogens with one attached hydrogen (secondary N) is 1. The lowest BCUT2D eigenvalue weighted by molar-refractivity contribution is -0.144. The highest BCUT2D eigenvalue weighted by Gasteiger charge is 2.22. The highest BCUT2D eigenvalue weighted by Crippen LogP contribution is 2.12. The van der Waals surface area contributed by atoms with Crippen LogP contribution in [0.4, 0.5) is 0 Å². The van der Waals surface area contributed by atoms with Crippen LogP contribution in [0.3, 0.4) is 0 Å². The van der Waals surface area contributed by atoms with Crippen LogP contribution in [0.2, 0.25) is 0 Å². The molecule has 0 fully saturated rings. The van der Waals surface area contributed by atoms with Gasteiger partial charge in [-0.15, -0.1) is 0 Å². The maximum Gasteiger partial charge on any atom is 0.329 e. The molecule has 0 aliphatic carbocycles. The molecule has 0 aliphatic rings. The van der Waals surface area contributed by atoms with E-state index in [4.69, 9.17) is 0 Å². The summed E-state index contributed by atoms with van der Waals surface area (Å²) in [6.45, 7) is 4.87. The average molecular weight is 247 g/mol. The predicted octanol–water partition coefficient (Wildman–Crippen LogP) is 0.580. The first-order chi connectivity index (χ1) is 7.38. The molecule has 0 saturated heterocycles. The van der Waals surface area contributed by atoms with Crippen LogP contribution in [0, 0.1) is 5.92 Å². The van der Waals surface area contributed by atoms with Gasteiger partial charge in [0.15, 0.2) is 5.12 Å². The van der Waals surface area contributed by atoms with Gasteiger partial charge in [-0.2, -0.15) is 0 Å².